The topological polar surface area (TPSA) is 58.4 Å². The van der Waals surface area contributed by atoms with E-state index in [9.17, 15) is 4.79 Å². The minimum atomic E-state index is -0.0143. The molecular weight excluding hydrogens is 214 g/mol. The average Bonchev–Trinajstić information content (AvgIpc) is 2.73. The molecule has 1 saturated heterocycles. The van der Waals surface area contributed by atoms with Gasteiger partial charge in [0.05, 0.1) is 0 Å². The van der Waals surface area contributed by atoms with E-state index in [2.05, 4.69) is 17.3 Å². The van der Waals surface area contributed by atoms with Crippen LogP contribution >= 0.6 is 0 Å². The van der Waals surface area contributed by atoms with Crippen molar-refractivity contribution in [2.75, 3.05) is 32.4 Å². The molecule has 1 aromatic rings. The molecule has 0 radical (unpaired) electrons. The normalized spacial score (nSPS) is 20.4. The molecule has 17 heavy (non-hydrogen) atoms. The third kappa shape index (κ3) is 3.20. The summed E-state index contributed by atoms with van der Waals surface area (Å²) in [5, 5.41) is 2.97. The van der Waals surface area contributed by atoms with Gasteiger partial charge in [-0.2, -0.15) is 0 Å². The van der Waals surface area contributed by atoms with Crippen LogP contribution in [0, 0.1) is 5.92 Å². The van der Waals surface area contributed by atoms with E-state index in [1.807, 2.05) is 0 Å². The zero-order valence-corrected chi connectivity index (χ0v) is 10.1. The molecule has 0 aliphatic carbocycles. The van der Waals surface area contributed by atoms with E-state index in [-0.39, 0.29) is 5.91 Å². The predicted octanol–water partition coefficient (Wildman–Crippen LogP) is 0.950. The molecule has 1 heterocycles. The van der Waals surface area contributed by atoms with Crippen LogP contribution in [0.5, 0.6) is 0 Å². The number of carbonyl (C=O) groups is 1. The van der Waals surface area contributed by atoms with Crippen molar-refractivity contribution in [2.24, 2.45) is 5.92 Å². The Hall–Kier alpha value is -1.55. The fourth-order valence-corrected chi connectivity index (χ4v) is 2.17. The van der Waals surface area contributed by atoms with Gasteiger partial charge in [-0.05, 0) is 50.2 Å². The molecule has 1 amide bonds. The SMILES string of the molecule is CN1CCC(CNC(=O)c2ccc(N)cc2)C1. The maximum atomic E-state index is 11.8. The second-order valence-corrected chi connectivity index (χ2v) is 4.75. The Morgan fingerprint density at radius 2 is 2.18 bits per heavy atom. The number of nitrogens with zero attached hydrogens (tertiary/aromatic N) is 1. The third-order valence-electron chi connectivity index (χ3n) is 3.21. The lowest BCUT2D eigenvalue weighted by molar-refractivity contribution is 0.0947. The molecule has 4 nitrogen and oxygen atoms in total. The van der Waals surface area contributed by atoms with Crippen molar-refractivity contribution >= 4 is 11.6 Å². The van der Waals surface area contributed by atoms with Gasteiger partial charge in [0.2, 0.25) is 0 Å². The van der Waals surface area contributed by atoms with Crippen molar-refractivity contribution in [2.45, 2.75) is 6.42 Å². The zero-order chi connectivity index (χ0) is 12.3. The van der Waals surface area contributed by atoms with E-state index >= 15 is 0 Å². The smallest absolute Gasteiger partial charge is 0.251 e. The molecule has 1 aliphatic heterocycles. The number of benzene rings is 1. The Morgan fingerprint density at radius 3 is 2.76 bits per heavy atom. The minimum Gasteiger partial charge on any atom is -0.399 e. The molecule has 4 heteroatoms. The van der Waals surface area contributed by atoms with Gasteiger partial charge < -0.3 is 16.0 Å². The first-order valence-corrected chi connectivity index (χ1v) is 5.97. The third-order valence-corrected chi connectivity index (χ3v) is 3.21. The minimum absolute atomic E-state index is 0.0143. The highest BCUT2D eigenvalue weighted by atomic mass is 16.1. The van der Waals surface area contributed by atoms with Crippen molar-refractivity contribution in [3.8, 4) is 0 Å². The van der Waals surface area contributed by atoms with Gasteiger partial charge in [0.15, 0.2) is 0 Å². The van der Waals surface area contributed by atoms with Crippen LogP contribution < -0.4 is 11.1 Å². The van der Waals surface area contributed by atoms with E-state index < -0.39 is 0 Å². The van der Waals surface area contributed by atoms with Gasteiger partial charge in [-0.3, -0.25) is 4.79 Å². The molecule has 92 valence electrons. The van der Waals surface area contributed by atoms with Gasteiger partial charge in [0, 0.05) is 24.3 Å². The highest BCUT2D eigenvalue weighted by Crippen LogP contribution is 2.13. The average molecular weight is 233 g/mol. The molecule has 0 bridgehead atoms. The van der Waals surface area contributed by atoms with Crippen LogP contribution in [0.2, 0.25) is 0 Å². The van der Waals surface area contributed by atoms with Gasteiger partial charge in [0.25, 0.3) is 5.91 Å². The summed E-state index contributed by atoms with van der Waals surface area (Å²) in [6.07, 6.45) is 1.17. The largest absolute Gasteiger partial charge is 0.399 e. The van der Waals surface area contributed by atoms with Crippen LogP contribution in [0.1, 0.15) is 16.8 Å². The number of rotatable bonds is 3. The fourth-order valence-electron chi connectivity index (χ4n) is 2.17. The van der Waals surface area contributed by atoms with E-state index in [1.165, 1.54) is 6.42 Å². The number of nitrogen functional groups attached to an aromatic ring is 1. The van der Waals surface area contributed by atoms with Crippen LogP contribution in [-0.2, 0) is 0 Å². The lowest BCUT2D eigenvalue weighted by Crippen LogP contribution is -2.30. The number of hydrogen-bond acceptors (Lipinski definition) is 3. The van der Waals surface area contributed by atoms with E-state index in [1.54, 1.807) is 24.3 Å². The number of nitrogens with one attached hydrogen (secondary N) is 1. The molecule has 0 spiro atoms. The summed E-state index contributed by atoms with van der Waals surface area (Å²) < 4.78 is 0. The number of carbonyl (C=O) groups excluding carboxylic acids is 1. The second-order valence-electron chi connectivity index (χ2n) is 4.75. The van der Waals surface area contributed by atoms with Crippen molar-refractivity contribution in [1.29, 1.82) is 0 Å². The quantitative estimate of drug-likeness (QED) is 0.764. The standard InChI is InChI=1S/C13H19N3O/c1-16-7-6-10(9-16)8-15-13(17)11-2-4-12(14)5-3-11/h2-5,10H,6-9,14H2,1H3,(H,15,17). The monoisotopic (exact) mass is 233 g/mol. The molecule has 1 fully saturated rings. The molecule has 1 unspecified atom stereocenters. The summed E-state index contributed by atoms with van der Waals surface area (Å²) in [5.74, 6) is 0.567. The maximum Gasteiger partial charge on any atom is 0.251 e. The Kier molecular flexibility index (Phi) is 3.64. The summed E-state index contributed by atoms with van der Waals surface area (Å²) in [7, 11) is 2.11. The van der Waals surface area contributed by atoms with Crippen molar-refractivity contribution in [1.82, 2.24) is 10.2 Å². The van der Waals surface area contributed by atoms with Crippen molar-refractivity contribution in [3.63, 3.8) is 0 Å². The van der Waals surface area contributed by atoms with Gasteiger partial charge >= 0.3 is 0 Å². The second kappa shape index (κ2) is 5.19. The van der Waals surface area contributed by atoms with E-state index in [0.29, 0.717) is 17.2 Å². The zero-order valence-electron chi connectivity index (χ0n) is 10.1. The molecule has 0 aromatic heterocycles. The summed E-state index contributed by atoms with van der Waals surface area (Å²) in [4.78, 5) is 14.1. The fraction of sp³-hybridized carbons (Fsp3) is 0.462. The molecule has 1 aliphatic rings. The maximum absolute atomic E-state index is 11.8. The molecule has 1 atom stereocenters. The number of amides is 1. The van der Waals surface area contributed by atoms with E-state index in [0.717, 1.165) is 19.6 Å². The number of likely N-dealkylation sites (tertiary alicyclic amines) is 1. The first kappa shape index (κ1) is 11.9. The van der Waals surface area contributed by atoms with Gasteiger partial charge in [-0.25, -0.2) is 0 Å². The first-order valence-electron chi connectivity index (χ1n) is 5.97. The molecule has 3 N–H and O–H groups in total. The van der Waals surface area contributed by atoms with Crippen molar-refractivity contribution in [3.05, 3.63) is 29.8 Å². The highest BCUT2D eigenvalue weighted by molar-refractivity contribution is 5.94. The molecule has 1 aromatic carbocycles. The predicted molar refractivity (Wildman–Crippen MR) is 68.8 cm³/mol. The van der Waals surface area contributed by atoms with Crippen molar-refractivity contribution < 1.29 is 4.79 Å². The van der Waals surface area contributed by atoms with Crippen LogP contribution in [0.3, 0.4) is 0 Å². The lowest BCUT2D eigenvalue weighted by atomic mass is 10.1. The van der Waals surface area contributed by atoms with E-state index in [4.69, 9.17) is 5.73 Å². The summed E-state index contributed by atoms with van der Waals surface area (Å²) >= 11 is 0. The summed E-state index contributed by atoms with van der Waals surface area (Å²) in [5.41, 5.74) is 6.93. The Morgan fingerprint density at radius 1 is 1.47 bits per heavy atom. The van der Waals surface area contributed by atoms with Gasteiger partial charge in [-0.15, -0.1) is 0 Å². The molecule has 2 rings (SSSR count). The van der Waals surface area contributed by atoms with Crippen LogP contribution in [-0.4, -0.2) is 37.5 Å². The highest BCUT2D eigenvalue weighted by Gasteiger charge is 2.19. The number of anilines is 1. The first-order chi connectivity index (χ1) is 8.15. The van der Waals surface area contributed by atoms with Crippen LogP contribution in [0.15, 0.2) is 24.3 Å². The van der Waals surface area contributed by atoms with Crippen LogP contribution in [0.25, 0.3) is 0 Å². The summed E-state index contributed by atoms with van der Waals surface area (Å²) in [6, 6.07) is 7.01. The Balaban J connectivity index is 1.83. The van der Waals surface area contributed by atoms with Gasteiger partial charge in [0.1, 0.15) is 0 Å². The Labute approximate surface area is 102 Å². The Bertz CT molecular complexity index is 388. The number of hydrogen-bond donors (Lipinski definition) is 2. The molecule has 0 saturated carbocycles. The van der Waals surface area contributed by atoms with Crippen LogP contribution in [0.4, 0.5) is 5.69 Å². The molecular formula is C13H19N3O. The summed E-state index contributed by atoms with van der Waals surface area (Å²) in [6.45, 7) is 2.96. The number of nitrogens with two attached hydrogens (primary N) is 1. The van der Waals surface area contributed by atoms with Gasteiger partial charge in [-0.1, -0.05) is 0 Å². The lowest BCUT2D eigenvalue weighted by Gasteiger charge is -2.11.